The number of hydrogen-bond acceptors (Lipinski definition) is 2. The Balaban J connectivity index is 1.34. The molecule has 1 saturated heterocycles. The molecule has 1 N–H and O–H groups in total. The maximum Gasteiger partial charge on any atom is 0.401 e. The van der Waals surface area contributed by atoms with Crippen LogP contribution in [0.5, 0.6) is 0 Å². The molecule has 0 aromatic heterocycles. The molecule has 2 aliphatic rings. The summed E-state index contributed by atoms with van der Waals surface area (Å²) in [5.41, 5.74) is 1.17. The fraction of sp³-hybridized carbons (Fsp3) is 0.647. The second-order valence-corrected chi connectivity index (χ2v) is 6.83. The highest BCUT2D eigenvalue weighted by molar-refractivity contribution is 5.23. The zero-order valence-corrected chi connectivity index (χ0v) is 13.0. The van der Waals surface area contributed by atoms with Crippen LogP contribution in [0.15, 0.2) is 24.3 Å². The molecule has 1 aromatic rings. The van der Waals surface area contributed by atoms with Crippen molar-refractivity contribution in [1.82, 2.24) is 10.2 Å². The van der Waals surface area contributed by atoms with Crippen LogP contribution < -0.4 is 5.32 Å². The molecule has 1 heterocycles. The summed E-state index contributed by atoms with van der Waals surface area (Å²) in [6.07, 6.45) is -1.23. The van der Waals surface area contributed by atoms with E-state index >= 15 is 0 Å². The zero-order valence-electron chi connectivity index (χ0n) is 13.0. The Morgan fingerprint density at radius 1 is 1.13 bits per heavy atom. The molecule has 3 rings (SSSR count). The molecule has 1 aromatic carbocycles. The molecule has 0 spiro atoms. The van der Waals surface area contributed by atoms with E-state index in [1.54, 1.807) is 0 Å². The van der Waals surface area contributed by atoms with E-state index in [9.17, 15) is 17.6 Å². The highest BCUT2D eigenvalue weighted by Gasteiger charge is 2.35. The molecule has 6 heteroatoms. The van der Waals surface area contributed by atoms with Crippen molar-refractivity contribution in [3.8, 4) is 0 Å². The van der Waals surface area contributed by atoms with Gasteiger partial charge in [-0.3, -0.25) is 4.90 Å². The molecular weight excluding hydrogens is 308 g/mol. The molecule has 0 amide bonds. The van der Waals surface area contributed by atoms with Gasteiger partial charge in [0.25, 0.3) is 0 Å². The van der Waals surface area contributed by atoms with Gasteiger partial charge in [0, 0.05) is 12.6 Å². The van der Waals surface area contributed by atoms with E-state index in [1.807, 2.05) is 12.1 Å². The lowest BCUT2D eigenvalue weighted by atomic mass is 9.76. The molecule has 1 aliphatic carbocycles. The number of alkyl halides is 3. The van der Waals surface area contributed by atoms with E-state index in [1.165, 1.54) is 22.6 Å². The molecule has 1 unspecified atom stereocenters. The normalized spacial score (nSPS) is 28.8. The van der Waals surface area contributed by atoms with E-state index in [0.29, 0.717) is 31.0 Å². The Labute approximate surface area is 133 Å². The Kier molecular flexibility index (Phi) is 4.92. The minimum absolute atomic E-state index is 0.215. The van der Waals surface area contributed by atoms with Crippen molar-refractivity contribution in [2.24, 2.45) is 5.92 Å². The minimum Gasteiger partial charge on any atom is -0.314 e. The smallest absolute Gasteiger partial charge is 0.314 e. The molecule has 1 atom stereocenters. The summed E-state index contributed by atoms with van der Waals surface area (Å²) in [6.45, 7) is 1.06. The first-order chi connectivity index (χ1) is 10.9. The van der Waals surface area contributed by atoms with Crippen LogP contribution in [-0.2, 0) is 0 Å². The first-order valence-corrected chi connectivity index (χ1v) is 8.17. The van der Waals surface area contributed by atoms with Crippen LogP contribution in [0.25, 0.3) is 0 Å². The van der Waals surface area contributed by atoms with Gasteiger partial charge in [0.05, 0.1) is 6.54 Å². The van der Waals surface area contributed by atoms with Crippen molar-refractivity contribution in [2.75, 3.05) is 26.2 Å². The monoisotopic (exact) mass is 330 g/mol. The summed E-state index contributed by atoms with van der Waals surface area (Å²) in [7, 11) is 0. The van der Waals surface area contributed by atoms with E-state index in [0.717, 1.165) is 25.8 Å². The van der Waals surface area contributed by atoms with Crippen molar-refractivity contribution in [1.29, 1.82) is 0 Å². The van der Waals surface area contributed by atoms with Crippen LogP contribution in [0.4, 0.5) is 17.6 Å². The number of nitrogens with zero attached hydrogens (tertiary/aromatic N) is 1. The number of halogens is 4. The third-order valence-electron chi connectivity index (χ3n) is 4.95. The summed E-state index contributed by atoms with van der Waals surface area (Å²) in [6, 6.07) is 7.08. The van der Waals surface area contributed by atoms with Gasteiger partial charge in [-0.1, -0.05) is 12.1 Å². The van der Waals surface area contributed by atoms with Gasteiger partial charge in [-0.2, -0.15) is 13.2 Å². The van der Waals surface area contributed by atoms with Crippen molar-refractivity contribution in [3.05, 3.63) is 35.6 Å². The van der Waals surface area contributed by atoms with E-state index in [4.69, 9.17) is 0 Å². The Morgan fingerprint density at radius 3 is 2.48 bits per heavy atom. The van der Waals surface area contributed by atoms with Crippen LogP contribution in [0.1, 0.15) is 30.7 Å². The Bertz CT molecular complexity index is 508. The van der Waals surface area contributed by atoms with Crippen molar-refractivity contribution >= 4 is 0 Å². The van der Waals surface area contributed by atoms with Crippen LogP contribution >= 0.6 is 0 Å². The van der Waals surface area contributed by atoms with Crippen molar-refractivity contribution < 1.29 is 17.6 Å². The number of nitrogens with one attached hydrogen (secondary N) is 1. The molecule has 1 aliphatic heterocycles. The van der Waals surface area contributed by atoms with Gasteiger partial charge in [0.15, 0.2) is 0 Å². The second-order valence-electron chi connectivity index (χ2n) is 6.83. The van der Waals surface area contributed by atoms with Gasteiger partial charge in [0.2, 0.25) is 0 Å². The van der Waals surface area contributed by atoms with Gasteiger partial charge >= 0.3 is 6.18 Å². The SMILES string of the molecule is Fc1ccc(C2CC(NCC3CCN(CC(F)(F)F)C3)C2)cc1. The van der Waals surface area contributed by atoms with Crippen molar-refractivity contribution in [2.45, 2.75) is 37.4 Å². The van der Waals surface area contributed by atoms with Gasteiger partial charge in [-0.15, -0.1) is 0 Å². The van der Waals surface area contributed by atoms with Crippen LogP contribution in [-0.4, -0.2) is 43.3 Å². The first kappa shape index (κ1) is 16.7. The summed E-state index contributed by atoms with van der Waals surface area (Å²) in [4.78, 5) is 1.49. The predicted octanol–water partition coefficient (Wildman–Crippen LogP) is 3.55. The lowest BCUT2D eigenvalue weighted by Crippen LogP contribution is -2.42. The third-order valence-corrected chi connectivity index (χ3v) is 4.95. The summed E-state index contributed by atoms with van der Waals surface area (Å²) >= 11 is 0. The highest BCUT2D eigenvalue weighted by atomic mass is 19.4. The number of benzene rings is 1. The molecule has 2 fully saturated rings. The number of hydrogen-bond donors (Lipinski definition) is 1. The second kappa shape index (κ2) is 6.77. The van der Waals surface area contributed by atoms with Gasteiger partial charge in [-0.25, -0.2) is 4.39 Å². The zero-order chi connectivity index (χ0) is 16.4. The Morgan fingerprint density at radius 2 is 1.83 bits per heavy atom. The van der Waals surface area contributed by atoms with Crippen LogP contribution in [0.3, 0.4) is 0 Å². The summed E-state index contributed by atoms with van der Waals surface area (Å²) in [5, 5.41) is 3.47. The average Bonchev–Trinajstić information content (AvgIpc) is 2.84. The molecule has 2 nitrogen and oxygen atoms in total. The molecule has 1 saturated carbocycles. The van der Waals surface area contributed by atoms with Gasteiger partial charge in [0.1, 0.15) is 5.82 Å². The fourth-order valence-electron chi connectivity index (χ4n) is 3.60. The molecule has 128 valence electrons. The lowest BCUT2D eigenvalue weighted by molar-refractivity contribution is -0.143. The van der Waals surface area contributed by atoms with Crippen molar-refractivity contribution in [3.63, 3.8) is 0 Å². The molecule has 23 heavy (non-hydrogen) atoms. The fourth-order valence-corrected chi connectivity index (χ4v) is 3.60. The maximum absolute atomic E-state index is 12.9. The predicted molar refractivity (Wildman–Crippen MR) is 80.8 cm³/mol. The summed E-state index contributed by atoms with van der Waals surface area (Å²) in [5.74, 6) is 0.563. The quantitative estimate of drug-likeness (QED) is 0.831. The van der Waals surface area contributed by atoms with Gasteiger partial charge in [-0.05, 0) is 61.9 Å². The molecule has 0 radical (unpaired) electrons. The molecular formula is C17H22F4N2. The minimum atomic E-state index is -4.10. The first-order valence-electron chi connectivity index (χ1n) is 8.17. The standard InChI is InChI=1S/C17H22F4N2/c18-15-3-1-13(2-4-15)14-7-16(8-14)22-9-12-5-6-23(10-12)11-17(19,20)21/h1-4,12,14,16,22H,5-11H2. The van der Waals surface area contributed by atoms with E-state index in [-0.39, 0.29) is 5.82 Å². The topological polar surface area (TPSA) is 15.3 Å². The lowest BCUT2D eigenvalue weighted by Gasteiger charge is -2.37. The summed E-state index contributed by atoms with van der Waals surface area (Å²) < 4.78 is 50.0. The average molecular weight is 330 g/mol. The largest absolute Gasteiger partial charge is 0.401 e. The third kappa shape index (κ3) is 4.67. The van der Waals surface area contributed by atoms with E-state index < -0.39 is 12.7 Å². The molecule has 0 bridgehead atoms. The van der Waals surface area contributed by atoms with Crippen LogP contribution in [0.2, 0.25) is 0 Å². The van der Waals surface area contributed by atoms with Gasteiger partial charge < -0.3 is 5.32 Å². The Hall–Kier alpha value is -1.14. The highest BCUT2D eigenvalue weighted by Crippen LogP contribution is 2.37. The number of likely N-dealkylation sites (tertiary alicyclic amines) is 1. The maximum atomic E-state index is 12.9. The number of rotatable bonds is 5. The van der Waals surface area contributed by atoms with E-state index in [2.05, 4.69) is 5.32 Å². The van der Waals surface area contributed by atoms with Crippen LogP contribution in [0, 0.1) is 11.7 Å².